The molecule has 0 unspecified atom stereocenters. The fourth-order valence-electron chi connectivity index (χ4n) is 3.63. The van der Waals surface area contributed by atoms with Gasteiger partial charge in [-0.25, -0.2) is 0 Å². The number of nitrogens with one attached hydrogen (secondary N) is 2. The Kier molecular flexibility index (Phi) is 5.03. The first-order chi connectivity index (χ1) is 11.6. The number of hydrogen-bond acceptors (Lipinski definition) is 2. The van der Waals surface area contributed by atoms with Crippen molar-refractivity contribution in [2.45, 2.75) is 52.4 Å². The van der Waals surface area contributed by atoms with Crippen LogP contribution in [0.15, 0.2) is 23.0 Å². The van der Waals surface area contributed by atoms with Crippen molar-refractivity contribution in [3.8, 4) is 0 Å². The SMILES string of the molecule is Cc1ccc(C)c2[nH]c(=O)c(CCNC(=O)C3CCCCC3)cc12. The molecular weight excluding hydrogens is 300 g/mol. The van der Waals surface area contributed by atoms with Crippen LogP contribution in [0.5, 0.6) is 0 Å². The third-order valence-electron chi connectivity index (χ3n) is 5.19. The fourth-order valence-corrected chi connectivity index (χ4v) is 3.63. The van der Waals surface area contributed by atoms with E-state index in [1.54, 1.807) is 0 Å². The Labute approximate surface area is 142 Å². The number of pyridine rings is 1. The van der Waals surface area contributed by atoms with Gasteiger partial charge in [-0.05, 0) is 50.3 Å². The van der Waals surface area contributed by atoms with E-state index in [0.29, 0.717) is 13.0 Å². The minimum absolute atomic E-state index is 0.0527. The van der Waals surface area contributed by atoms with Crippen molar-refractivity contribution in [2.24, 2.45) is 5.92 Å². The molecule has 0 aliphatic heterocycles. The van der Waals surface area contributed by atoms with E-state index in [1.807, 2.05) is 19.1 Å². The number of H-pyrrole nitrogens is 1. The van der Waals surface area contributed by atoms with Gasteiger partial charge < -0.3 is 10.3 Å². The maximum absolute atomic E-state index is 12.3. The normalized spacial score (nSPS) is 15.6. The maximum Gasteiger partial charge on any atom is 0.251 e. The third-order valence-corrected chi connectivity index (χ3v) is 5.19. The molecule has 128 valence electrons. The van der Waals surface area contributed by atoms with Gasteiger partial charge in [-0.2, -0.15) is 0 Å². The molecule has 4 nitrogen and oxygen atoms in total. The number of aromatic nitrogens is 1. The Morgan fingerprint density at radius 2 is 1.88 bits per heavy atom. The second-order valence-corrected chi connectivity index (χ2v) is 6.99. The van der Waals surface area contributed by atoms with Crippen molar-refractivity contribution in [2.75, 3.05) is 6.54 Å². The monoisotopic (exact) mass is 326 g/mol. The lowest BCUT2D eigenvalue weighted by Gasteiger charge is -2.20. The average molecular weight is 326 g/mol. The summed E-state index contributed by atoms with van der Waals surface area (Å²) in [7, 11) is 0. The quantitative estimate of drug-likeness (QED) is 0.905. The number of amides is 1. The number of carbonyl (C=O) groups is 1. The molecule has 1 aromatic carbocycles. The van der Waals surface area contributed by atoms with Crippen LogP contribution in [0.4, 0.5) is 0 Å². The number of aryl methyl sites for hydroxylation is 2. The van der Waals surface area contributed by atoms with Crippen LogP contribution in [0.25, 0.3) is 10.9 Å². The molecular formula is C20H26N2O2. The Hall–Kier alpha value is -2.10. The van der Waals surface area contributed by atoms with Crippen LogP contribution in [0.2, 0.25) is 0 Å². The van der Waals surface area contributed by atoms with Gasteiger partial charge in [0.05, 0.1) is 5.52 Å². The lowest BCUT2D eigenvalue weighted by molar-refractivity contribution is -0.125. The molecule has 0 saturated heterocycles. The number of rotatable bonds is 4. The van der Waals surface area contributed by atoms with Gasteiger partial charge in [0.15, 0.2) is 0 Å². The molecule has 0 atom stereocenters. The van der Waals surface area contributed by atoms with E-state index >= 15 is 0 Å². The lowest BCUT2D eigenvalue weighted by Crippen LogP contribution is -2.34. The molecule has 1 heterocycles. The van der Waals surface area contributed by atoms with Gasteiger partial charge in [0, 0.05) is 23.4 Å². The molecule has 0 spiro atoms. The predicted molar refractivity (Wildman–Crippen MR) is 97.3 cm³/mol. The highest BCUT2D eigenvalue weighted by atomic mass is 16.2. The van der Waals surface area contributed by atoms with Gasteiger partial charge in [0.1, 0.15) is 0 Å². The average Bonchev–Trinajstić information content (AvgIpc) is 2.60. The Morgan fingerprint density at radius 1 is 1.17 bits per heavy atom. The van der Waals surface area contributed by atoms with Gasteiger partial charge >= 0.3 is 0 Å². The smallest absolute Gasteiger partial charge is 0.251 e. The molecule has 1 fully saturated rings. The zero-order valence-electron chi connectivity index (χ0n) is 14.6. The molecule has 1 amide bonds. The summed E-state index contributed by atoms with van der Waals surface area (Å²) in [5.74, 6) is 0.317. The summed E-state index contributed by atoms with van der Waals surface area (Å²) in [6.45, 7) is 4.57. The number of benzene rings is 1. The van der Waals surface area contributed by atoms with E-state index in [1.165, 1.54) is 6.42 Å². The van der Waals surface area contributed by atoms with Crippen molar-refractivity contribution >= 4 is 16.8 Å². The molecule has 3 rings (SSSR count). The molecule has 0 bridgehead atoms. The summed E-state index contributed by atoms with van der Waals surface area (Å²) < 4.78 is 0. The Morgan fingerprint density at radius 3 is 2.62 bits per heavy atom. The van der Waals surface area contributed by atoms with Gasteiger partial charge in [0.2, 0.25) is 5.91 Å². The molecule has 1 saturated carbocycles. The van der Waals surface area contributed by atoms with Crippen LogP contribution >= 0.6 is 0 Å². The standard InChI is InChI=1S/C20H26N2O2/c1-13-8-9-14(2)18-17(13)12-16(20(24)22-18)10-11-21-19(23)15-6-4-3-5-7-15/h8-9,12,15H,3-7,10-11H2,1-2H3,(H,21,23)(H,22,24). The van der Waals surface area contributed by atoms with Crippen LogP contribution in [0.1, 0.15) is 48.8 Å². The first-order valence-electron chi connectivity index (χ1n) is 8.96. The highest BCUT2D eigenvalue weighted by Crippen LogP contribution is 2.23. The summed E-state index contributed by atoms with van der Waals surface area (Å²) in [5.41, 5.74) is 3.82. The number of carbonyl (C=O) groups excluding carboxylic acids is 1. The highest BCUT2D eigenvalue weighted by molar-refractivity contribution is 5.85. The van der Waals surface area contributed by atoms with E-state index in [-0.39, 0.29) is 17.4 Å². The Bertz CT molecular complexity index is 801. The molecule has 1 aliphatic carbocycles. The van der Waals surface area contributed by atoms with Crippen LogP contribution in [-0.2, 0) is 11.2 Å². The van der Waals surface area contributed by atoms with Crippen molar-refractivity contribution in [1.82, 2.24) is 10.3 Å². The van der Waals surface area contributed by atoms with E-state index in [0.717, 1.165) is 53.3 Å². The second kappa shape index (κ2) is 7.20. The predicted octanol–water partition coefficient (Wildman–Crippen LogP) is 3.38. The van der Waals surface area contributed by atoms with E-state index in [9.17, 15) is 9.59 Å². The van der Waals surface area contributed by atoms with Gasteiger partial charge in [0.25, 0.3) is 5.56 Å². The number of fused-ring (bicyclic) bond motifs is 1. The van der Waals surface area contributed by atoms with Crippen LogP contribution in [-0.4, -0.2) is 17.4 Å². The van der Waals surface area contributed by atoms with E-state index in [4.69, 9.17) is 0 Å². The van der Waals surface area contributed by atoms with Gasteiger partial charge in [-0.3, -0.25) is 9.59 Å². The summed E-state index contributed by atoms with van der Waals surface area (Å²) in [4.78, 5) is 27.5. The van der Waals surface area contributed by atoms with Gasteiger partial charge in [-0.15, -0.1) is 0 Å². The minimum Gasteiger partial charge on any atom is -0.356 e. The lowest BCUT2D eigenvalue weighted by atomic mass is 9.88. The van der Waals surface area contributed by atoms with Crippen LogP contribution in [0.3, 0.4) is 0 Å². The third kappa shape index (κ3) is 3.53. The molecule has 4 heteroatoms. The van der Waals surface area contributed by atoms with Crippen molar-refractivity contribution in [3.05, 3.63) is 45.2 Å². The summed E-state index contributed by atoms with van der Waals surface area (Å²) in [6.07, 6.45) is 6.12. The molecule has 2 aromatic rings. The number of aromatic amines is 1. The summed E-state index contributed by atoms with van der Waals surface area (Å²) >= 11 is 0. The summed E-state index contributed by atoms with van der Waals surface area (Å²) in [6, 6.07) is 6.07. The van der Waals surface area contributed by atoms with Crippen molar-refractivity contribution in [3.63, 3.8) is 0 Å². The molecule has 0 radical (unpaired) electrons. The highest BCUT2D eigenvalue weighted by Gasteiger charge is 2.20. The van der Waals surface area contributed by atoms with E-state index < -0.39 is 0 Å². The molecule has 1 aliphatic rings. The van der Waals surface area contributed by atoms with Gasteiger partial charge in [-0.1, -0.05) is 31.4 Å². The molecule has 1 aromatic heterocycles. The van der Waals surface area contributed by atoms with Crippen LogP contribution in [0, 0.1) is 19.8 Å². The zero-order valence-corrected chi connectivity index (χ0v) is 14.6. The molecule has 2 N–H and O–H groups in total. The first kappa shape index (κ1) is 16.7. The van der Waals surface area contributed by atoms with Crippen molar-refractivity contribution in [1.29, 1.82) is 0 Å². The van der Waals surface area contributed by atoms with E-state index in [2.05, 4.69) is 23.3 Å². The van der Waals surface area contributed by atoms with Crippen LogP contribution < -0.4 is 10.9 Å². The largest absolute Gasteiger partial charge is 0.356 e. The first-order valence-corrected chi connectivity index (χ1v) is 8.96. The maximum atomic E-state index is 12.3. The zero-order chi connectivity index (χ0) is 17.1. The fraction of sp³-hybridized carbons (Fsp3) is 0.500. The topological polar surface area (TPSA) is 62.0 Å². The second-order valence-electron chi connectivity index (χ2n) is 6.99. The van der Waals surface area contributed by atoms with Crippen molar-refractivity contribution < 1.29 is 4.79 Å². The minimum atomic E-state index is -0.0527. The Balaban J connectivity index is 1.69. The number of hydrogen-bond donors (Lipinski definition) is 2. The molecule has 24 heavy (non-hydrogen) atoms. The summed E-state index contributed by atoms with van der Waals surface area (Å²) in [5, 5.41) is 4.10.